The van der Waals surface area contributed by atoms with Crippen LogP contribution in [-0.4, -0.2) is 24.5 Å². The van der Waals surface area contributed by atoms with E-state index in [4.69, 9.17) is 22.1 Å². The van der Waals surface area contributed by atoms with Gasteiger partial charge in [-0.05, 0) is 35.9 Å². The second-order valence-corrected chi connectivity index (χ2v) is 5.97. The maximum absolute atomic E-state index is 13.1. The molecule has 2 aromatic rings. The van der Waals surface area contributed by atoms with Gasteiger partial charge in [0, 0.05) is 10.7 Å². The second kappa shape index (κ2) is 9.54. The normalized spacial score (nSPS) is 11.3. The first-order valence-electron chi connectivity index (χ1n) is 7.86. The van der Waals surface area contributed by atoms with Crippen LogP contribution in [0.1, 0.15) is 18.0 Å². The Kier molecular flexibility index (Phi) is 7.13. The minimum absolute atomic E-state index is 0.238. The number of hydrogen-bond acceptors (Lipinski definition) is 4. The monoisotopic (exact) mass is 393 g/mol. The molecule has 0 unspecified atom stereocenters. The van der Waals surface area contributed by atoms with Gasteiger partial charge in [-0.25, -0.2) is 9.18 Å². The average Bonchev–Trinajstić information content (AvgIpc) is 2.60. The maximum Gasteiger partial charge on any atom is 0.312 e. The van der Waals surface area contributed by atoms with Crippen molar-refractivity contribution in [2.45, 2.75) is 12.5 Å². The number of nitrogens with one attached hydrogen (secondary N) is 2. The standard InChI is InChI=1S/C18H17ClFN3O4/c19-12-6-4-11(5-7-12)15(23-18(21)26)9-17(25)27-10-16(24)22-14-3-1-2-13(20)8-14/h1-8,15H,9-10H2,(H,22,24)(H3,21,23,26)/t15-/m1/s1. The number of esters is 1. The SMILES string of the molecule is NC(=O)N[C@H](CC(=O)OCC(=O)Nc1cccc(F)c1)c1ccc(Cl)cc1. The quantitative estimate of drug-likeness (QED) is 0.628. The Labute approximate surface area is 159 Å². The average molecular weight is 394 g/mol. The van der Waals surface area contributed by atoms with E-state index in [2.05, 4.69) is 10.6 Å². The van der Waals surface area contributed by atoms with Crippen molar-refractivity contribution in [1.29, 1.82) is 0 Å². The number of ether oxygens (including phenoxy) is 1. The van der Waals surface area contributed by atoms with Gasteiger partial charge in [0.1, 0.15) is 5.82 Å². The number of primary amides is 1. The summed E-state index contributed by atoms with van der Waals surface area (Å²) >= 11 is 5.82. The van der Waals surface area contributed by atoms with Gasteiger partial charge in [0.2, 0.25) is 0 Å². The smallest absolute Gasteiger partial charge is 0.312 e. The highest BCUT2D eigenvalue weighted by Crippen LogP contribution is 2.20. The van der Waals surface area contributed by atoms with E-state index in [-0.39, 0.29) is 12.1 Å². The van der Waals surface area contributed by atoms with Crippen molar-refractivity contribution in [3.05, 3.63) is 64.9 Å². The van der Waals surface area contributed by atoms with Crippen molar-refractivity contribution in [2.75, 3.05) is 11.9 Å². The highest BCUT2D eigenvalue weighted by Gasteiger charge is 2.19. The van der Waals surface area contributed by atoms with Crippen LogP contribution in [0.25, 0.3) is 0 Å². The largest absolute Gasteiger partial charge is 0.455 e. The van der Waals surface area contributed by atoms with Crippen LogP contribution < -0.4 is 16.4 Å². The van der Waals surface area contributed by atoms with E-state index in [0.717, 1.165) is 6.07 Å². The van der Waals surface area contributed by atoms with E-state index < -0.39 is 36.4 Å². The number of rotatable bonds is 7. The van der Waals surface area contributed by atoms with Crippen molar-refractivity contribution in [2.24, 2.45) is 5.73 Å². The highest BCUT2D eigenvalue weighted by atomic mass is 35.5. The lowest BCUT2D eigenvalue weighted by atomic mass is 10.0. The van der Waals surface area contributed by atoms with Crippen molar-refractivity contribution in [1.82, 2.24) is 5.32 Å². The van der Waals surface area contributed by atoms with Crippen molar-refractivity contribution in [3.63, 3.8) is 0 Å². The van der Waals surface area contributed by atoms with E-state index >= 15 is 0 Å². The van der Waals surface area contributed by atoms with Crippen molar-refractivity contribution >= 4 is 35.2 Å². The number of nitrogens with two attached hydrogens (primary N) is 1. The highest BCUT2D eigenvalue weighted by molar-refractivity contribution is 6.30. The molecule has 2 aromatic carbocycles. The molecule has 7 nitrogen and oxygen atoms in total. The molecule has 0 aliphatic heterocycles. The molecule has 0 heterocycles. The number of carbonyl (C=O) groups is 3. The Morgan fingerprint density at radius 2 is 1.85 bits per heavy atom. The van der Waals surface area contributed by atoms with Crippen molar-refractivity contribution in [3.8, 4) is 0 Å². The molecule has 0 saturated heterocycles. The molecule has 0 saturated carbocycles. The number of amides is 3. The third kappa shape index (κ3) is 6.95. The summed E-state index contributed by atoms with van der Waals surface area (Å²) in [5.41, 5.74) is 5.97. The van der Waals surface area contributed by atoms with Gasteiger partial charge in [-0.2, -0.15) is 0 Å². The van der Waals surface area contributed by atoms with Crippen LogP contribution in [0.5, 0.6) is 0 Å². The molecule has 0 spiro atoms. The first kappa shape index (κ1) is 20.2. The summed E-state index contributed by atoms with van der Waals surface area (Å²) in [6.45, 7) is -0.556. The summed E-state index contributed by atoms with van der Waals surface area (Å²) in [6.07, 6.45) is -0.238. The molecule has 0 bridgehead atoms. The zero-order valence-corrected chi connectivity index (χ0v) is 14.8. The van der Waals surface area contributed by atoms with Gasteiger partial charge < -0.3 is 21.1 Å². The van der Waals surface area contributed by atoms with Crippen LogP contribution in [0, 0.1) is 5.82 Å². The van der Waals surface area contributed by atoms with Gasteiger partial charge in [-0.15, -0.1) is 0 Å². The Morgan fingerprint density at radius 1 is 1.15 bits per heavy atom. The lowest BCUT2D eigenvalue weighted by Crippen LogP contribution is -2.35. The minimum Gasteiger partial charge on any atom is -0.455 e. The Morgan fingerprint density at radius 3 is 2.48 bits per heavy atom. The number of carbonyl (C=O) groups excluding carboxylic acids is 3. The lowest BCUT2D eigenvalue weighted by Gasteiger charge is -2.17. The van der Waals surface area contributed by atoms with E-state index in [1.807, 2.05) is 0 Å². The molecule has 142 valence electrons. The summed E-state index contributed by atoms with van der Waals surface area (Å²) < 4.78 is 18.0. The summed E-state index contributed by atoms with van der Waals surface area (Å²) in [6, 6.07) is 10.2. The molecular formula is C18H17ClFN3O4. The molecule has 3 amide bonds. The number of anilines is 1. The third-order valence-electron chi connectivity index (χ3n) is 3.43. The summed E-state index contributed by atoms with van der Waals surface area (Å²) in [5, 5.41) is 5.33. The fraction of sp³-hybridized carbons (Fsp3) is 0.167. The zero-order chi connectivity index (χ0) is 19.8. The fourth-order valence-corrected chi connectivity index (χ4v) is 2.38. The van der Waals surface area contributed by atoms with Crippen LogP contribution >= 0.6 is 11.6 Å². The van der Waals surface area contributed by atoms with E-state index in [1.165, 1.54) is 18.2 Å². The Bertz CT molecular complexity index is 830. The molecule has 0 aromatic heterocycles. The third-order valence-corrected chi connectivity index (χ3v) is 3.68. The molecule has 9 heteroatoms. The number of benzene rings is 2. The molecule has 0 aliphatic rings. The van der Waals surface area contributed by atoms with E-state index in [1.54, 1.807) is 24.3 Å². The van der Waals surface area contributed by atoms with Gasteiger partial charge in [0.05, 0.1) is 12.5 Å². The van der Waals surface area contributed by atoms with Gasteiger partial charge in [-0.1, -0.05) is 29.8 Å². The summed E-state index contributed by atoms with van der Waals surface area (Å²) in [5.74, 6) is -1.86. The number of urea groups is 1. The minimum atomic E-state index is -0.813. The zero-order valence-electron chi connectivity index (χ0n) is 14.1. The molecule has 27 heavy (non-hydrogen) atoms. The van der Waals surface area contributed by atoms with Gasteiger partial charge >= 0.3 is 12.0 Å². The van der Waals surface area contributed by atoms with Gasteiger partial charge in [-0.3, -0.25) is 9.59 Å². The summed E-state index contributed by atoms with van der Waals surface area (Å²) in [4.78, 5) is 35.0. The van der Waals surface area contributed by atoms with Crippen LogP contribution in [0.15, 0.2) is 48.5 Å². The molecule has 0 radical (unpaired) electrons. The van der Waals surface area contributed by atoms with Crippen LogP contribution in [0.4, 0.5) is 14.9 Å². The van der Waals surface area contributed by atoms with Crippen molar-refractivity contribution < 1.29 is 23.5 Å². The predicted molar refractivity (Wildman–Crippen MR) is 97.5 cm³/mol. The van der Waals surface area contributed by atoms with Gasteiger partial charge in [0.15, 0.2) is 6.61 Å². The topological polar surface area (TPSA) is 111 Å². The first-order chi connectivity index (χ1) is 12.8. The predicted octanol–water partition coefficient (Wildman–Crippen LogP) is 2.76. The fourth-order valence-electron chi connectivity index (χ4n) is 2.25. The van der Waals surface area contributed by atoms with Crippen LogP contribution in [-0.2, 0) is 14.3 Å². The van der Waals surface area contributed by atoms with Crippen LogP contribution in [0.2, 0.25) is 5.02 Å². The Hall–Kier alpha value is -3.13. The number of halogens is 2. The molecule has 4 N–H and O–H groups in total. The second-order valence-electron chi connectivity index (χ2n) is 5.54. The maximum atomic E-state index is 13.1. The molecule has 0 fully saturated rings. The Balaban J connectivity index is 1.90. The van der Waals surface area contributed by atoms with E-state index in [9.17, 15) is 18.8 Å². The molecule has 2 rings (SSSR count). The number of hydrogen-bond donors (Lipinski definition) is 3. The van der Waals surface area contributed by atoms with Crippen LogP contribution in [0.3, 0.4) is 0 Å². The van der Waals surface area contributed by atoms with E-state index in [0.29, 0.717) is 10.6 Å². The molecular weight excluding hydrogens is 377 g/mol. The molecule has 1 atom stereocenters. The van der Waals surface area contributed by atoms with Gasteiger partial charge in [0.25, 0.3) is 5.91 Å². The molecule has 0 aliphatic carbocycles. The lowest BCUT2D eigenvalue weighted by molar-refractivity contribution is -0.147. The first-order valence-corrected chi connectivity index (χ1v) is 8.24. The summed E-state index contributed by atoms with van der Waals surface area (Å²) in [7, 11) is 0.